The maximum Gasteiger partial charge on any atom is 0.161 e. The van der Waals surface area contributed by atoms with Crippen LogP contribution in [0, 0.1) is 5.41 Å². The zero-order valence-electron chi connectivity index (χ0n) is 10.6. The number of pyridine rings is 1. The van der Waals surface area contributed by atoms with Crippen molar-refractivity contribution >= 4 is 34.8 Å². The van der Waals surface area contributed by atoms with Crippen LogP contribution in [-0.2, 0) is 0 Å². The molecule has 1 aliphatic heterocycles. The van der Waals surface area contributed by atoms with Crippen molar-refractivity contribution in [3.05, 3.63) is 16.1 Å². The molecule has 1 saturated heterocycles. The third-order valence-electron chi connectivity index (χ3n) is 3.25. The van der Waals surface area contributed by atoms with Crippen molar-refractivity contribution in [2.75, 3.05) is 23.4 Å². The third-order valence-corrected chi connectivity index (χ3v) is 3.81. The molecule has 18 heavy (non-hydrogen) atoms. The number of nitrogens with two attached hydrogens (primary N) is 1. The van der Waals surface area contributed by atoms with E-state index in [4.69, 9.17) is 29.0 Å². The third kappa shape index (κ3) is 2.82. The summed E-state index contributed by atoms with van der Waals surface area (Å²) in [5.41, 5.74) is 2.77. The highest BCUT2D eigenvalue weighted by atomic mass is 35.5. The first-order valence-corrected chi connectivity index (χ1v) is 6.76. The number of aromatic nitrogens is 1. The SMILES string of the molecule is CC1(C)CCCN(c2nc(NN)c(Cl)cc2Cl)C1. The van der Waals surface area contributed by atoms with Crippen molar-refractivity contribution in [3.8, 4) is 0 Å². The molecule has 1 aromatic rings. The monoisotopic (exact) mass is 288 g/mol. The van der Waals surface area contributed by atoms with E-state index in [9.17, 15) is 0 Å². The standard InChI is InChI=1S/C12H18Cl2N4/c1-12(2)4-3-5-18(7-12)11-9(14)6-8(13)10(16-11)17-15/h6H,3-5,7,15H2,1-2H3,(H,16,17). The van der Waals surface area contributed by atoms with Crippen molar-refractivity contribution in [2.45, 2.75) is 26.7 Å². The summed E-state index contributed by atoms with van der Waals surface area (Å²) >= 11 is 12.2. The minimum Gasteiger partial charge on any atom is -0.355 e. The highest BCUT2D eigenvalue weighted by molar-refractivity contribution is 6.37. The molecule has 2 heterocycles. The Labute approximate surface area is 117 Å². The normalized spacial score (nSPS) is 18.8. The Bertz CT molecular complexity index is 448. The van der Waals surface area contributed by atoms with Crippen molar-refractivity contribution in [3.63, 3.8) is 0 Å². The average molecular weight is 289 g/mol. The number of nitrogens with zero attached hydrogens (tertiary/aromatic N) is 2. The van der Waals surface area contributed by atoms with Crippen LogP contribution in [0.2, 0.25) is 10.0 Å². The van der Waals surface area contributed by atoms with Gasteiger partial charge in [0, 0.05) is 13.1 Å². The first-order valence-electron chi connectivity index (χ1n) is 6.00. The number of hydrogen-bond donors (Lipinski definition) is 2. The summed E-state index contributed by atoms with van der Waals surface area (Å²) in [4.78, 5) is 6.60. The molecule has 0 amide bonds. The predicted octanol–water partition coefficient (Wildman–Crippen LogP) is 3.30. The van der Waals surface area contributed by atoms with Crippen LogP contribution in [0.15, 0.2) is 6.07 Å². The van der Waals surface area contributed by atoms with Gasteiger partial charge < -0.3 is 10.3 Å². The van der Waals surface area contributed by atoms with Crippen LogP contribution in [0.3, 0.4) is 0 Å². The minimum atomic E-state index is 0.277. The summed E-state index contributed by atoms with van der Waals surface area (Å²) in [5.74, 6) is 6.60. The highest BCUT2D eigenvalue weighted by Crippen LogP contribution is 2.36. The van der Waals surface area contributed by atoms with Gasteiger partial charge in [0.2, 0.25) is 0 Å². The molecule has 6 heteroatoms. The summed E-state index contributed by atoms with van der Waals surface area (Å²) in [6.07, 6.45) is 2.36. The molecule has 0 bridgehead atoms. The van der Waals surface area contributed by atoms with Crippen LogP contribution in [0.5, 0.6) is 0 Å². The predicted molar refractivity (Wildman–Crippen MR) is 77.3 cm³/mol. The van der Waals surface area contributed by atoms with Gasteiger partial charge in [-0.2, -0.15) is 0 Å². The Kier molecular flexibility index (Phi) is 3.90. The molecule has 4 nitrogen and oxygen atoms in total. The second kappa shape index (κ2) is 5.11. The van der Waals surface area contributed by atoms with Crippen LogP contribution >= 0.6 is 23.2 Å². The Hall–Kier alpha value is -0.710. The van der Waals surface area contributed by atoms with Gasteiger partial charge >= 0.3 is 0 Å². The maximum absolute atomic E-state index is 6.23. The maximum atomic E-state index is 6.23. The molecule has 1 aromatic heterocycles. The second-order valence-corrected chi connectivity index (χ2v) is 6.27. The first-order chi connectivity index (χ1) is 8.43. The number of nitrogens with one attached hydrogen (secondary N) is 1. The Balaban J connectivity index is 2.32. The quantitative estimate of drug-likeness (QED) is 0.648. The molecule has 0 aromatic carbocycles. The van der Waals surface area contributed by atoms with Crippen LogP contribution in [0.25, 0.3) is 0 Å². The Morgan fingerprint density at radius 2 is 2.11 bits per heavy atom. The van der Waals surface area contributed by atoms with Crippen LogP contribution in [0.1, 0.15) is 26.7 Å². The number of hydrogen-bond acceptors (Lipinski definition) is 4. The molecule has 0 atom stereocenters. The van der Waals surface area contributed by atoms with Crippen LogP contribution in [0.4, 0.5) is 11.6 Å². The fraction of sp³-hybridized carbons (Fsp3) is 0.583. The van der Waals surface area contributed by atoms with Crippen LogP contribution < -0.4 is 16.2 Å². The van der Waals surface area contributed by atoms with E-state index in [0.717, 1.165) is 25.3 Å². The van der Waals surface area contributed by atoms with Gasteiger partial charge in [-0.3, -0.25) is 0 Å². The number of halogens is 2. The van der Waals surface area contributed by atoms with E-state index in [-0.39, 0.29) is 5.41 Å². The van der Waals surface area contributed by atoms with Crippen molar-refractivity contribution in [1.82, 2.24) is 4.98 Å². The molecule has 3 N–H and O–H groups in total. The van der Waals surface area contributed by atoms with Gasteiger partial charge in [0.25, 0.3) is 0 Å². The lowest BCUT2D eigenvalue weighted by molar-refractivity contribution is 0.292. The molecule has 0 aliphatic carbocycles. The lowest BCUT2D eigenvalue weighted by Gasteiger charge is -2.39. The van der Waals surface area contributed by atoms with Gasteiger partial charge in [-0.25, -0.2) is 10.8 Å². The summed E-state index contributed by atoms with van der Waals surface area (Å²) in [7, 11) is 0. The fourth-order valence-corrected chi connectivity index (χ4v) is 2.92. The number of hydrazine groups is 1. The second-order valence-electron chi connectivity index (χ2n) is 5.46. The molecule has 0 unspecified atom stereocenters. The lowest BCUT2D eigenvalue weighted by Crippen LogP contribution is -2.40. The summed E-state index contributed by atoms with van der Waals surface area (Å²) in [6, 6.07) is 1.68. The summed E-state index contributed by atoms with van der Waals surface area (Å²) < 4.78 is 0. The van der Waals surface area contributed by atoms with Crippen molar-refractivity contribution in [1.29, 1.82) is 0 Å². The zero-order valence-corrected chi connectivity index (χ0v) is 12.1. The van der Waals surface area contributed by atoms with E-state index < -0.39 is 0 Å². The summed E-state index contributed by atoms with van der Waals surface area (Å²) in [6.45, 7) is 6.41. The molecular weight excluding hydrogens is 271 g/mol. The number of anilines is 2. The average Bonchev–Trinajstić information content (AvgIpc) is 2.27. The zero-order chi connectivity index (χ0) is 13.3. The first kappa shape index (κ1) is 13.7. The van der Waals surface area contributed by atoms with E-state index in [1.54, 1.807) is 6.07 Å². The molecule has 2 rings (SSSR count). The Morgan fingerprint density at radius 1 is 1.39 bits per heavy atom. The van der Waals surface area contributed by atoms with Crippen molar-refractivity contribution in [2.24, 2.45) is 11.3 Å². The number of piperidine rings is 1. The van der Waals surface area contributed by atoms with Crippen LogP contribution in [-0.4, -0.2) is 18.1 Å². The topological polar surface area (TPSA) is 54.2 Å². The largest absolute Gasteiger partial charge is 0.355 e. The van der Waals surface area contributed by atoms with Crippen molar-refractivity contribution < 1.29 is 0 Å². The van der Waals surface area contributed by atoms with Gasteiger partial charge in [0.1, 0.15) is 5.82 Å². The van der Waals surface area contributed by atoms with Gasteiger partial charge in [0.15, 0.2) is 5.82 Å². The van der Waals surface area contributed by atoms with E-state index in [0.29, 0.717) is 15.9 Å². The van der Waals surface area contributed by atoms with Gasteiger partial charge in [-0.15, -0.1) is 0 Å². The minimum absolute atomic E-state index is 0.277. The molecule has 0 saturated carbocycles. The molecule has 100 valence electrons. The molecule has 0 radical (unpaired) electrons. The van der Waals surface area contributed by atoms with E-state index in [2.05, 4.69) is 29.2 Å². The number of rotatable bonds is 2. The number of nitrogen functional groups attached to an aromatic ring is 1. The Morgan fingerprint density at radius 3 is 2.72 bits per heavy atom. The van der Waals surface area contributed by atoms with E-state index in [1.165, 1.54) is 6.42 Å². The molecular formula is C12H18Cl2N4. The molecule has 0 spiro atoms. The lowest BCUT2D eigenvalue weighted by atomic mass is 9.84. The van der Waals surface area contributed by atoms with Gasteiger partial charge in [0.05, 0.1) is 10.0 Å². The van der Waals surface area contributed by atoms with E-state index in [1.807, 2.05) is 0 Å². The fourth-order valence-electron chi connectivity index (χ4n) is 2.38. The van der Waals surface area contributed by atoms with Gasteiger partial charge in [-0.05, 0) is 24.3 Å². The molecule has 1 aliphatic rings. The summed E-state index contributed by atoms with van der Waals surface area (Å²) in [5, 5.41) is 0.999. The molecule has 1 fully saturated rings. The van der Waals surface area contributed by atoms with Gasteiger partial charge in [-0.1, -0.05) is 37.0 Å². The smallest absolute Gasteiger partial charge is 0.161 e. The van der Waals surface area contributed by atoms with E-state index >= 15 is 0 Å². The highest BCUT2D eigenvalue weighted by Gasteiger charge is 2.28.